The number of nitrogens with zero attached hydrogens (tertiary/aromatic N) is 1. The molecule has 2 rings (SSSR count). The van der Waals surface area contributed by atoms with Crippen LogP contribution in [0, 0.1) is 5.92 Å². The minimum atomic E-state index is -0.959. The standard InChI is InChI=1S/C12H19N3O4/c1-7-2-3-15(9(4-7)12(18)19)11(17)8-5-14-10(16)6-13-8/h7-9,13H,2-6H2,1H3,(H,14,16)(H,18,19). The van der Waals surface area contributed by atoms with Crippen LogP contribution in [-0.2, 0) is 14.4 Å². The first kappa shape index (κ1) is 13.8. The average Bonchev–Trinajstić information content (AvgIpc) is 2.38. The van der Waals surface area contributed by atoms with Gasteiger partial charge in [-0.15, -0.1) is 0 Å². The van der Waals surface area contributed by atoms with E-state index >= 15 is 0 Å². The molecule has 2 aliphatic heterocycles. The van der Waals surface area contributed by atoms with E-state index in [0.717, 1.165) is 6.42 Å². The molecule has 2 fully saturated rings. The monoisotopic (exact) mass is 269 g/mol. The van der Waals surface area contributed by atoms with Gasteiger partial charge in [-0.2, -0.15) is 0 Å². The molecule has 3 N–H and O–H groups in total. The number of piperidine rings is 1. The van der Waals surface area contributed by atoms with Crippen LogP contribution < -0.4 is 10.6 Å². The second kappa shape index (κ2) is 5.56. The summed E-state index contributed by atoms with van der Waals surface area (Å²) in [6.07, 6.45) is 1.30. The summed E-state index contributed by atoms with van der Waals surface area (Å²) < 4.78 is 0. The lowest BCUT2D eigenvalue weighted by atomic mass is 9.92. The van der Waals surface area contributed by atoms with Crippen LogP contribution in [0.25, 0.3) is 0 Å². The quantitative estimate of drug-likeness (QED) is 0.584. The van der Waals surface area contributed by atoms with Crippen molar-refractivity contribution in [3.8, 4) is 0 Å². The Kier molecular flexibility index (Phi) is 4.04. The zero-order valence-electron chi connectivity index (χ0n) is 10.9. The van der Waals surface area contributed by atoms with Crippen LogP contribution in [0.3, 0.4) is 0 Å². The van der Waals surface area contributed by atoms with Gasteiger partial charge >= 0.3 is 5.97 Å². The highest BCUT2D eigenvalue weighted by molar-refractivity contribution is 5.89. The zero-order chi connectivity index (χ0) is 14.0. The molecule has 7 heteroatoms. The van der Waals surface area contributed by atoms with Gasteiger partial charge in [0, 0.05) is 13.1 Å². The molecule has 0 saturated carbocycles. The number of hydrogen-bond donors (Lipinski definition) is 3. The number of carbonyl (C=O) groups is 3. The number of carbonyl (C=O) groups excluding carboxylic acids is 2. The number of hydrogen-bond acceptors (Lipinski definition) is 4. The third-order valence-electron chi connectivity index (χ3n) is 3.74. The number of carboxylic acid groups (broad SMARTS) is 1. The van der Waals surface area contributed by atoms with Crippen molar-refractivity contribution in [3.63, 3.8) is 0 Å². The number of piperazine rings is 1. The van der Waals surface area contributed by atoms with Gasteiger partial charge < -0.3 is 15.3 Å². The summed E-state index contributed by atoms with van der Waals surface area (Å²) in [6, 6.07) is -1.27. The number of carboxylic acids is 1. The van der Waals surface area contributed by atoms with E-state index in [0.29, 0.717) is 18.9 Å². The van der Waals surface area contributed by atoms with Gasteiger partial charge in [0.15, 0.2) is 0 Å². The number of likely N-dealkylation sites (tertiary alicyclic amines) is 1. The molecule has 0 aromatic heterocycles. The van der Waals surface area contributed by atoms with Crippen LogP contribution in [0.2, 0.25) is 0 Å². The molecule has 7 nitrogen and oxygen atoms in total. The number of aliphatic carboxylic acids is 1. The highest BCUT2D eigenvalue weighted by Crippen LogP contribution is 2.23. The third-order valence-corrected chi connectivity index (χ3v) is 3.74. The van der Waals surface area contributed by atoms with E-state index in [1.54, 1.807) is 0 Å². The second-order valence-electron chi connectivity index (χ2n) is 5.25. The molecule has 0 bridgehead atoms. The van der Waals surface area contributed by atoms with Crippen molar-refractivity contribution >= 4 is 17.8 Å². The molecule has 0 aromatic carbocycles. The Balaban J connectivity index is 2.04. The maximum atomic E-state index is 12.3. The first-order valence-corrected chi connectivity index (χ1v) is 6.52. The van der Waals surface area contributed by atoms with Crippen LogP contribution in [0.4, 0.5) is 0 Å². The van der Waals surface area contributed by atoms with Gasteiger partial charge in [-0.1, -0.05) is 6.92 Å². The van der Waals surface area contributed by atoms with Gasteiger partial charge in [0.2, 0.25) is 11.8 Å². The first-order chi connectivity index (χ1) is 8.99. The van der Waals surface area contributed by atoms with Gasteiger partial charge in [0.05, 0.1) is 6.54 Å². The van der Waals surface area contributed by atoms with Gasteiger partial charge in [-0.05, 0) is 18.8 Å². The molecule has 3 unspecified atom stereocenters. The molecule has 0 radical (unpaired) electrons. The van der Waals surface area contributed by atoms with E-state index in [4.69, 9.17) is 0 Å². The van der Waals surface area contributed by atoms with E-state index in [-0.39, 0.29) is 24.9 Å². The van der Waals surface area contributed by atoms with Crippen molar-refractivity contribution in [2.24, 2.45) is 5.92 Å². The minimum absolute atomic E-state index is 0.0956. The largest absolute Gasteiger partial charge is 0.480 e. The number of amides is 2. The molecule has 3 atom stereocenters. The van der Waals surface area contributed by atoms with E-state index < -0.39 is 18.1 Å². The summed E-state index contributed by atoms with van der Waals surface area (Å²) in [5, 5.41) is 14.7. The maximum Gasteiger partial charge on any atom is 0.326 e. The SMILES string of the molecule is CC1CCN(C(=O)C2CNC(=O)CN2)C(C(=O)O)C1. The molecule has 0 aromatic rings. The molecule has 0 aliphatic carbocycles. The molecule has 19 heavy (non-hydrogen) atoms. The summed E-state index contributed by atoms with van der Waals surface area (Å²) in [7, 11) is 0. The lowest BCUT2D eigenvalue weighted by Gasteiger charge is -2.38. The van der Waals surface area contributed by atoms with E-state index in [2.05, 4.69) is 10.6 Å². The number of nitrogens with one attached hydrogen (secondary N) is 2. The Morgan fingerprint density at radius 1 is 1.42 bits per heavy atom. The minimum Gasteiger partial charge on any atom is -0.480 e. The fourth-order valence-electron chi connectivity index (χ4n) is 2.58. The van der Waals surface area contributed by atoms with Crippen LogP contribution in [0.15, 0.2) is 0 Å². The highest BCUT2D eigenvalue weighted by Gasteiger charge is 2.38. The molecular weight excluding hydrogens is 250 g/mol. The van der Waals surface area contributed by atoms with Crippen molar-refractivity contribution in [2.45, 2.75) is 31.8 Å². The van der Waals surface area contributed by atoms with E-state index in [1.165, 1.54) is 4.90 Å². The van der Waals surface area contributed by atoms with Crippen molar-refractivity contribution < 1.29 is 19.5 Å². The summed E-state index contributed by atoms with van der Waals surface area (Å²) in [5.74, 6) is -1.03. The summed E-state index contributed by atoms with van der Waals surface area (Å²) >= 11 is 0. The smallest absolute Gasteiger partial charge is 0.326 e. The zero-order valence-corrected chi connectivity index (χ0v) is 10.9. The van der Waals surface area contributed by atoms with Crippen molar-refractivity contribution in [1.82, 2.24) is 15.5 Å². The Hall–Kier alpha value is -1.63. The van der Waals surface area contributed by atoms with Gasteiger partial charge in [-0.25, -0.2) is 4.79 Å². The van der Waals surface area contributed by atoms with E-state index in [9.17, 15) is 19.5 Å². The summed E-state index contributed by atoms with van der Waals surface area (Å²) in [6.45, 7) is 2.77. The van der Waals surface area contributed by atoms with Crippen LogP contribution in [0.1, 0.15) is 19.8 Å². The van der Waals surface area contributed by atoms with Gasteiger partial charge in [-0.3, -0.25) is 14.9 Å². The Bertz CT molecular complexity index is 388. The number of rotatable bonds is 2. The van der Waals surface area contributed by atoms with Crippen LogP contribution in [-0.4, -0.2) is 59.5 Å². The third kappa shape index (κ3) is 3.04. The predicted molar refractivity (Wildman–Crippen MR) is 66.3 cm³/mol. The topological polar surface area (TPSA) is 98.7 Å². The van der Waals surface area contributed by atoms with Crippen molar-refractivity contribution in [3.05, 3.63) is 0 Å². The fraction of sp³-hybridized carbons (Fsp3) is 0.750. The molecule has 2 saturated heterocycles. The Morgan fingerprint density at radius 3 is 2.74 bits per heavy atom. The molecule has 2 amide bonds. The van der Waals surface area contributed by atoms with Crippen molar-refractivity contribution in [1.29, 1.82) is 0 Å². The average molecular weight is 269 g/mol. The molecule has 2 heterocycles. The van der Waals surface area contributed by atoms with E-state index in [1.807, 2.05) is 6.92 Å². The first-order valence-electron chi connectivity index (χ1n) is 6.52. The fourth-order valence-corrected chi connectivity index (χ4v) is 2.58. The summed E-state index contributed by atoms with van der Waals surface area (Å²) in [5.41, 5.74) is 0. The summed E-state index contributed by atoms with van der Waals surface area (Å²) in [4.78, 5) is 36.1. The highest BCUT2D eigenvalue weighted by atomic mass is 16.4. The van der Waals surface area contributed by atoms with Gasteiger partial charge in [0.25, 0.3) is 0 Å². The second-order valence-corrected chi connectivity index (χ2v) is 5.25. The normalized spacial score (nSPS) is 31.7. The molecule has 0 spiro atoms. The van der Waals surface area contributed by atoms with Crippen LogP contribution >= 0.6 is 0 Å². The lowest BCUT2D eigenvalue weighted by molar-refractivity contribution is -0.154. The molecular formula is C12H19N3O4. The predicted octanol–water partition coefficient (Wildman–Crippen LogP) is -1.21. The Morgan fingerprint density at radius 2 is 2.16 bits per heavy atom. The van der Waals surface area contributed by atoms with Gasteiger partial charge in [0.1, 0.15) is 12.1 Å². The Labute approximate surface area is 111 Å². The van der Waals surface area contributed by atoms with Crippen LogP contribution in [0.5, 0.6) is 0 Å². The maximum absolute atomic E-state index is 12.3. The van der Waals surface area contributed by atoms with Crippen molar-refractivity contribution in [2.75, 3.05) is 19.6 Å². The molecule has 2 aliphatic rings. The lowest BCUT2D eigenvalue weighted by Crippen LogP contribution is -2.62. The molecule has 106 valence electrons.